The summed E-state index contributed by atoms with van der Waals surface area (Å²) in [6, 6.07) is 26.7. The van der Waals surface area contributed by atoms with Gasteiger partial charge in [0.15, 0.2) is 9.84 Å². The smallest absolute Gasteiger partial charge is 0.179 e. The molecule has 0 bridgehead atoms. The van der Waals surface area contributed by atoms with Crippen LogP contribution in [0, 0.1) is 0 Å². The molecule has 0 N–H and O–H groups in total. The molecule has 3 rings (SSSR count). The fourth-order valence-corrected chi connectivity index (χ4v) is 4.80. The SMILES string of the molecule is O=S(=O)(CC(c1ccccc1)c1ccccc1)c1ccc(CBr)cc1. The molecule has 3 aromatic carbocycles. The molecule has 0 spiro atoms. The Morgan fingerprint density at radius 3 is 1.64 bits per heavy atom. The summed E-state index contributed by atoms with van der Waals surface area (Å²) in [5, 5.41) is 0.712. The van der Waals surface area contributed by atoms with Crippen LogP contribution in [0.1, 0.15) is 22.6 Å². The molecule has 0 aromatic heterocycles. The van der Waals surface area contributed by atoms with Gasteiger partial charge in [-0.05, 0) is 28.8 Å². The van der Waals surface area contributed by atoms with Crippen LogP contribution >= 0.6 is 15.9 Å². The van der Waals surface area contributed by atoms with Gasteiger partial charge in [0, 0.05) is 11.2 Å². The first-order chi connectivity index (χ1) is 12.1. The Bertz CT molecular complexity index is 866. The number of alkyl halides is 1. The molecular formula is C21H19BrO2S. The molecule has 0 atom stereocenters. The molecule has 0 unspecified atom stereocenters. The molecule has 3 aromatic rings. The highest BCUT2D eigenvalue weighted by Gasteiger charge is 2.24. The Morgan fingerprint density at radius 1 is 0.720 bits per heavy atom. The second-order valence-corrected chi connectivity index (χ2v) is 8.53. The maximum atomic E-state index is 13.0. The second kappa shape index (κ2) is 7.98. The van der Waals surface area contributed by atoms with E-state index in [-0.39, 0.29) is 11.7 Å². The van der Waals surface area contributed by atoms with Gasteiger partial charge in [-0.15, -0.1) is 0 Å². The molecule has 25 heavy (non-hydrogen) atoms. The van der Waals surface area contributed by atoms with Gasteiger partial charge in [-0.25, -0.2) is 8.42 Å². The Morgan fingerprint density at radius 2 is 1.20 bits per heavy atom. The minimum Gasteiger partial charge on any atom is -0.224 e. The predicted octanol–water partition coefficient (Wildman–Crippen LogP) is 5.19. The van der Waals surface area contributed by atoms with Gasteiger partial charge >= 0.3 is 0 Å². The van der Waals surface area contributed by atoms with Crippen LogP contribution in [0.4, 0.5) is 0 Å². The van der Waals surface area contributed by atoms with Crippen LogP contribution in [0.2, 0.25) is 0 Å². The molecular weight excluding hydrogens is 396 g/mol. The topological polar surface area (TPSA) is 34.1 Å². The lowest BCUT2D eigenvalue weighted by Gasteiger charge is -2.18. The van der Waals surface area contributed by atoms with Crippen LogP contribution in [0.25, 0.3) is 0 Å². The van der Waals surface area contributed by atoms with Gasteiger partial charge in [0.1, 0.15) is 0 Å². The molecule has 4 heteroatoms. The van der Waals surface area contributed by atoms with Crippen molar-refractivity contribution in [3.05, 3.63) is 102 Å². The van der Waals surface area contributed by atoms with Gasteiger partial charge in [0.25, 0.3) is 0 Å². The fourth-order valence-electron chi connectivity index (χ4n) is 2.86. The summed E-state index contributed by atoms with van der Waals surface area (Å²) in [6.07, 6.45) is 0. The van der Waals surface area contributed by atoms with E-state index < -0.39 is 9.84 Å². The molecule has 0 radical (unpaired) electrons. The molecule has 0 aliphatic heterocycles. The zero-order valence-electron chi connectivity index (χ0n) is 13.7. The Hall–Kier alpha value is -1.91. The minimum absolute atomic E-state index is 0.0503. The molecule has 0 aliphatic rings. The predicted molar refractivity (Wildman–Crippen MR) is 106 cm³/mol. The van der Waals surface area contributed by atoms with Crippen molar-refractivity contribution >= 4 is 25.8 Å². The van der Waals surface area contributed by atoms with Crippen LogP contribution in [0.15, 0.2) is 89.8 Å². The van der Waals surface area contributed by atoms with E-state index in [0.717, 1.165) is 16.7 Å². The average Bonchev–Trinajstić information content (AvgIpc) is 2.67. The van der Waals surface area contributed by atoms with Gasteiger partial charge in [0.05, 0.1) is 10.6 Å². The normalized spacial score (nSPS) is 11.6. The standard InChI is InChI=1S/C21H19BrO2S/c22-15-17-11-13-20(14-12-17)25(23,24)16-21(18-7-3-1-4-8-18)19-9-5-2-6-10-19/h1-14,21H,15-16H2. The van der Waals surface area contributed by atoms with Gasteiger partial charge in [-0.1, -0.05) is 88.7 Å². The van der Waals surface area contributed by atoms with Crippen LogP contribution in [-0.4, -0.2) is 14.2 Å². The van der Waals surface area contributed by atoms with E-state index in [1.54, 1.807) is 12.1 Å². The summed E-state index contributed by atoms with van der Waals surface area (Å²) < 4.78 is 26.0. The summed E-state index contributed by atoms with van der Waals surface area (Å²) in [4.78, 5) is 0.370. The van der Waals surface area contributed by atoms with Crippen LogP contribution in [-0.2, 0) is 15.2 Å². The minimum atomic E-state index is -3.40. The molecule has 0 aliphatic carbocycles. The summed E-state index contributed by atoms with van der Waals surface area (Å²) >= 11 is 3.38. The lowest BCUT2D eigenvalue weighted by atomic mass is 9.93. The highest BCUT2D eigenvalue weighted by Crippen LogP contribution is 2.28. The van der Waals surface area contributed by atoms with E-state index in [2.05, 4.69) is 15.9 Å². The van der Waals surface area contributed by atoms with Crippen molar-refractivity contribution in [2.45, 2.75) is 16.1 Å². The Kier molecular flexibility index (Phi) is 5.71. The van der Waals surface area contributed by atoms with Gasteiger partial charge in [-0.2, -0.15) is 0 Å². The van der Waals surface area contributed by atoms with Crippen molar-refractivity contribution in [2.24, 2.45) is 0 Å². The first kappa shape index (κ1) is 17.9. The van der Waals surface area contributed by atoms with E-state index in [4.69, 9.17) is 0 Å². The lowest BCUT2D eigenvalue weighted by Crippen LogP contribution is -2.16. The van der Waals surface area contributed by atoms with E-state index in [0.29, 0.717) is 10.2 Å². The lowest BCUT2D eigenvalue weighted by molar-refractivity contribution is 0.592. The van der Waals surface area contributed by atoms with Crippen LogP contribution < -0.4 is 0 Å². The molecule has 128 valence electrons. The largest absolute Gasteiger partial charge is 0.224 e. The van der Waals surface area contributed by atoms with Crippen molar-refractivity contribution in [3.8, 4) is 0 Å². The van der Waals surface area contributed by atoms with Gasteiger partial charge in [0.2, 0.25) is 0 Å². The van der Waals surface area contributed by atoms with Crippen LogP contribution in [0.3, 0.4) is 0 Å². The number of rotatable bonds is 6. The third-order valence-corrected chi connectivity index (χ3v) is 6.64. The second-order valence-electron chi connectivity index (χ2n) is 5.93. The van der Waals surface area contributed by atoms with Crippen molar-refractivity contribution in [1.29, 1.82) is 0 Å². The quantitative estimate of drug-likeness (QED) is 0.520. The maximum absolute atomic E-state index is 13.0. The summed E-state index contributed by atoms with van der Waals surface area (Å²) in [6.45, 7) is 0. The summed E-state index contributed by atoms with van der Waals surface area (Å²) in [5.74, 6) is -0.141. The molecule has 2 nitrogen and oxygen atoms in total. The van der Waals surface area contributed by atoms with Crippen LogP contribution in [0.5, 0.6) is 0 Å². The molecule has 0 amide bonds. The van der Waals surface area contributed by atoms with E-state index in [1.807, 2.05) is 72.8 Å². The highest BCUT2D eigenvalue weighted by molar-refractivity contribution is 9.08. The average molecular weight is 415 g/mol. The zero-order valence-corrected chi connectivity index (χ0v) is 16.1. The Labute approximate surface area is 157 Å². The number of hydrogen-bond acceptors (Lipinski definition) is 2. The van der Waals surface area contributed by atoms with Gasteiger partial charge in [-0.3, -0.25) is 0 Å². The van der Waals surface area contributed by atoms with Crippen molar-refractivity contribution in [3.63, 3.8) is 0 Å². The number of halogens is 1. The maximum Gasteiger partial charge on any atom is 0.179 e. The number of sulfone groups is 1. The molecule has 0 fully saturated rings. The number of hydrogen-bond donors (Lipinski definition) is 0. The zero-order chi connectivity index (χ0) is 17.7. The van der Waals surface area contributed by atoms with Crippen molar-refractivity contribution in [2.75, 3.05) is 5.75 Å². The molecule has 0 saturated carbocycles. The fraction of sp³-hybridized carbons (Fsp3) is 0.143. The van der Waals surface area contributed by atoms with E-state index in [1.165, 1.54) is 0 Å². The van der Waals surface area contributed by atoms with Gasteiger partial charge < -0.3 is 0 Å². The first-order valence-corrected chi connectivity index (χ1v) is 10.8. The third-order valence-electron chi connectivity index (χ3n) is 4.23. The van der Waals surface area contributed by atoms with E-state index >= 15 is 0 Å². The molecule has 0 saturated heterocycles. The molecule has 0 heterocycles. The third kappa shape index (κ3) is 4.39. The van der Waals surface area contributed by atoms with Crippen molar-refractivity contribution < 1.29 is 8.42 Å². The number of benzene rings is 3. The monoisotopic (exact) mass is 414 g/mol. The summed E-state index contributed by atoms with van der Waals surface area (Å²) in [5.41, 5.74) is 3.07. The highest BCUT2D eigenvalue weighted by atomic mass is 79.9. The summed E-state index contributed by atoms with van der Waals surface area (Å²) in [7, 11) is -3.40. The Balaban J connectivity index is 1.97. The first-order valence-electron chi connectivity index (χ1n) is 8.08. The van der Waals surface area contributed by atoms with Crippen molar-refractivity contribution in [1.82, 2.24) is 0 Å². The van der Waals surface area contributed by atoms with E-state index in [9.17, 15) is 8.42 Å².